The summed E-state index contributed by atoms with van der Waals surface area (Å²) in [5.41, 5.74) is 9.53. The van der Waals surface area contributed by atoms with Crippen LogP contribution in [0.4, 0.5) is 11.8 Å². The predicted octanol–water partition coefficient (Wildman–Crippen LogP) is 3.07. The number of nitrogens with two attached hydrogens (primary N) is 1. The van der Waals surface area contributed by atoms with Gasteiger partial charge in [0.25, 0.3) is 0 Å². The first-order chi connectivity index (χ1) is 9.16. The van der Waals surface area contributed by atoms with Gasteiger partial charge in [-0.1, -0.05) is 38.1 Å². The Hall–Kier alpha value is -1.97. The van der Waals surface area contributed by atoms with Crippen LogP contribution in [0.3, 0.4) is 0 Å². The van der Waals surface area contributed by atoms with E-state index >= 15 is 0 Å². The number of nitrogens with one attached hydrogen (secondary N) is 1. The van der Waals surface area contributed by atoms with Crippen molar-refractivity contribution in [2.24, 2.45) is 0 Å². The van der Waals surface area contributed by atoms with Gasteiger partial charge in [0.1, 0.15) is 11.5 Å². The molecule has 2 aromatic rings. The molecule has 4 heteroatoms. The van der Waals surface area contributed by atoms with Crippen molar-refractivity contribution in [3.63, 3.8) is 0 Å². The minimum Gasteiger partial charge on any atom is -0.383 e. The van der Waals surface area contributed by atoms with Crippen LogP contribution in [0.15, 0.2) is 24.3 Å². The minimum atomic E-state index is 0.545. The highest BCUT2D eigenvalue weighted by Gasteiger charge is 2.18. The highest BCUT2D eigenvalue weighted by Crippen LogP contribution is 2.31. The molecule has 0 aliphatic carbocycles. The Labute approximate surface area is 113 Å². The highest BCUT2D eigenvalue weighted by molar-refractivity contribution is 5.73. The Morgan fingerprint density at radius 1 is 1.26 bits per heavy atom. The lowest BCUT2D eigenvalue weighted by atomic mass is 10.0. The Bertz CT molecular complexity index is 581. The molecule has 2 heterocycles. The molecule has 100 valence electrons. The molecule has 1 aliphatic rings. The fourth-order valence-corrected chi connectivity index (χ4v) is 2.50. The largest absolute Gasteiger partial charge is 0.383 e. The highest BCUT2D eigenvalue weighted by atomic mass is 15.3. The van der Waals surface area contributed by atoms with E-state index in [2.05, 4.69) is 53.0 Å². The van der Waals surface area contributed by atoms with E-state index in [4.69, 9.17) is 5.73 Å². The van der Waals surface area contributed by atoms with Crippen molar-refractivity contribution in [2.45, 2.75) is 32.7 Å². The molecule has 1 aromatic carbocycles. The van der Waals surface area contributed by atoms with Crippen molar-refractivity contribution in [3.8, 4) is 11.3 Å². The van der Waals surface area contributed by atoms with Crippen LogP contribution < -0.4 is 11.1 Å². The van der Waals surface area contributed by atoms with Gasteiger partial charge in [0.15, 0.2) is 0 Å². The summed E-state index contributed by atoms with van der Waals surface area (Å²) in [6.45, 7) is 6.32. The van der Waals surface area contributed by atoms with Crippen LogP contribution >= 0.6 is 0 Å². The molecule has 0 saturated carbocycles. The maximum Gasteiger partial charge on any atom is 0.205 e. The van der Waals surface area contributed by atoms with Crippen LogP contribution in [0.2, 0.25) is 0 Å². The van der Waals surface area contributed by atoms with E-state index in [9.17, 15) is 0 Å². The monoisotopic (exact) mass is 256 g/mol. The number of fused-ring (bicyclic) bond motifs is 1. The van der Waals surface area contributed by atoms with E-state index < -0.39 is 0 Å². The number of hydrogen-bond donors (Lipinski definition) is 2. The summed E-state index contributed by atoms with van der Waals surface area (Å²) in [5.74, 6) is 2.20. The van der Waals surface area contributed by atoms with Gasteiger partial charge in [-0.3, -0.25) is 4.57 Å². The van der Waals surface area contributed by atoms with Gasteiger partial charge in [0.05, 0.1) is 0 Å². The average molecular weight is 256 g/mol. The van der Waals surface area contributed by atoms with Gasteiger partial charge in [-0.05, 0) is 17.9 Å². The van der Waals surface area contributed by atoms with E-state index in [1.165, 1.54) is 5.56 Å². The van der Waals surface area contributed by atoms with Gasteiger partial charge in [-0.25, -0.2) is 4.98 Å². The topological polar surface area (TPSA) is 55.9 Å². The molecule has 19 heavy (non-hydrogen) atoms. The molecule has 4 nitrogen and oxygen atoms in total. The molecule has 1 aromatic heterocycles. The van der Waals surface area contributed by atoms with Gasteiger partial charge in [-0.15, -0.1) is 0 Å². The van der Waals surface area contributed by atoms with Crippen molar-refractivity contribution in [1.82, 2.24) is 9.55 Å². The number of aromatic nitrogens is 2. The van der Waals surface area contributed by atoms with Crippen molar-refractivity contribution in [2.75, 3.05) is 17.6 Å². The van der Waals surface area contributed by atoms with Crippen molar-refractivity contribution in [1.29, 1.82) is 0 Å². The smallest absolute Gasteiger partial charge is 0.205 e. The molecule has 0 radical (unpaired) electrons. The lowest BCUT2D eigenvalue weighted by molar-refractivity contribution is 0.634. The Balaban J connectivity index is 2.00. The number of nitrogen functional groups attached to an aromatic ring is 1. The molecule has 0 atom stereocenters. The van der Waals surface area contributed by atoms with E-state index in [0.29, 0.717) is 5.92 Å². The van der Waals surface area contributed by atoms with E-state index in [1.807, 2.05) is 0 Å². The molecule has 0 bridgehead atoms. The Morgan fingerprint density at radius 2 is 2.00 bits per heavy atom. The SMILES string of the molecule is CC(C)c1ccc(-c2nc3n(c2N)CCCN3)cc1. The first-order valence-corrected chi connectivity index (χ1v) is 6.87. The summed E-state index contributed by atoms with van der Waals surface area (Å²) in [6.07, 6.45) is 1.10. The molecular weight excluding hydrogens is 236 g/mol. The number of nitrogens with zero attached hydrogens (tertiary/aromatic N) is 2. The van der Waals surface area contributed by atoms with Crippen molar-refractivity contribution >= 4 is 11.8 Å². The van der Waals surface area contributed by atoms with E-state index in [-0.39, 0.29) is 0 Å². The van der Waals surface area contributed by atoms with Gasteiger partial charge in [0, 0.05) is 18.7 Å². The first-order valence-electron chi connectivity index (χ1n) is 6.87. The third-order valence-electron chi connectivity index (χ3n) is 3.70. The third kappa shape index (κ3) is 2.07. The third-order valence-corrected chi connectivity index (χ3v) is 3.70. The first kappa shape index (κ1) is 12.1. The number of imidazole rings is 1. The quantitative estimate of drug-likeness (QED) is 0.868. The average Bonchev–Trinajstić information content (AvgIpc) is 2.77. The number of hydrogen-bond acceptors (Lipinski definition) is 3. The zero-order chi connectivity index (χ0) is 13.4. The summed E-state index contributed by atoms with van der Waals surface area (Å²) in [7, 11) is 0. The number of benzene rings is 1. The molecule has 0 amide bonds. The summed E-state index contributed by atoms with van der Waals surface area (Å²) in [6, 6.07) is 8.54. The van der Waals surface area contributed by atoms with Gasteiger partial charge in [-0.2, -0.15) is 0 Å². The maximum atomic E-state index is 6.21. The molecule has 0 spiro atoms. The van der Waals surface area contributed by atoms with E-state index in [0.717, 1.165) is 42.5 Å². The van der Waals surface area contributed by atoms with E-state index in [1.54, 1.807) is 0 Å². The van der Waals surface area contributed by atoms with Crippen LogP contribution in [-0.2, 0) is 6.54 Å². The van der Waals surface area contributed by atoms with Gasteiger partial charge < -0.3 is 11.1 Å². The van der Waals surface area contributed by atoms with Crippen LogP contribution in [-0.4, -0.2) is 16.1 Å². The minimum absolute atomic E-state index is 0.545. The molecule has 0 saturated heterocycles. The zero-order valence-electron chi connectivity index (χ0n) is 11.5. The lowest BCUT2D eigenvalue weighted by Crippen LogP contribution is -2.18. The molecule has 3 N–H and O–H groups in total. The maximum absolute atomic E-state index is 6.21. The summed E-state index contributed by atoms with van der Waals surface area (Å²) < 4.78 is 2.06. The van der Waals surface area contributed by atoms with Crippen LogP contribution in [0.5, 0.6) is 0 Å². The van der Waals surface area contributed by atoms with Crippen molar-refractivity contribution < 1.29 is 0 Å². The lowest BCUT2D eigenvalue weighted by Gasteiger charge is -2.15. The van der Waals surface area contributed by atoms with Crippen LogP contribution in [0.25, 0.3) is 11.3 Å². The molecule has 0 fully saturated rings. The Kier molecular flexibility index (Phi) is 2.93. The standard InChI is InChI=1S/C15H20N4/c1-10(2)11-4-6-12(7-5-11)13-14(16)19-9-3-8-17-15(19)18-13/h4-7,10H,3,8-9,16H2,1-2H3,(H,17,18). The van der Waals surface area contributed by atoms with Crippen molar-refractivity contribution in [3.05, 3.63) is 29.8 Å². The summed E-state index contributed by atoms with van der Waals surface area (Å²) in [4.78, 5) is 4.62. The molecular formula is C15H20N4. The summed E-state index contributed by atoms with van der Waals surface area (Å²) >= 11 is 0. The molecule has 1 aliphatic heterocycles. The second-order valence-corrected chi connectivity index (χ2v) is 5.38. The number of rotatable bonds is 2. The normalized spacial score (nSPS) is 14.3. The summed E-state index contributed by atoms with van der Waals surface area (Å²) in [5, 5.41) is 3.30. The zero-order valence-corrected chi connectivity index (χ0v) is 11.5. The molecule has 0 unspecified atom stereocenters. The predicted molar refractivity (Wildman–Crippen MR) is 79.3 cm³/mol. The number of anilines is 2. The second kappa shape index (κ2) is 4.61. The fourth-order valence-electron chi connectivity index (χ4n) is 2.50. The Morgan fingerprint density at radius 3 is 2.63 bits per heavy atom. The fraction of sp³-hybridized carbons (Fsp3) is 0.400. The molecule has 3 rings (SSSR count). The van der Waals surface area contributed by atoms with Gasteiger partial charge >= 0.3 is 0 Å². The second-order valence-electron chi connectivity index (χ2n) is 5.38. The van der Waals surface area contributed by atoms with Crippen LogP contribution in [0.1, 0.15) is 31.7 Å². The van der Waals surface area contributed by atoms with Gasteiger partial charge in [0.2, 0.25) is 5.95 Å². The van der Waals surface area contributed by atoms with Crippen LogP contribution in [0, 0.1) is 0 Å².